The van der Waals surface area contributed by atoms with Crippen molar-refractivity contribution >= 4 is 21.5 Å². The lowest BCUT2D eigenvalue weighted by Gasteiger charge is -2.30. The summed E-state index contributed by atoms with van der Waals surface area (Å²) in [6.45, 7) is 6.18. The predicted octanol–water partition coefficient (Wildman–Crippen LogP) is 6.55. The summed E-state index contributed by atoms with van der Waals surface area (Å²) in [4.78, 5) is 12.8. The predicted molar refractivity (Wildman–Crippen MR) is 140 cm³/mol. The Balaban J connectivity index is 1.41. The second-order valence-electron chi connectivity index (χ2n) is 10.1. The summed E-state index contributed by atoms with van der Waals surface area (Å²) in [7, 11) is -3.84. The summed E-state index contributed by atoms with van der Waals surface area (Å²) in [6, 6.07) is 21.5. The normalized spacial score (nSPS) is 14.9. The maximum absolute atomic E-state index is 13.3. The van der Waals surface area contributed by atoms with E-state index in [-0.39, 0.29) is 21.9 Å². The molecule has 1 aliphatic rings. The number of anilines is 1. The number of aryl methyl sites for hydroxylation is 1. The summed E-state index contributed by atoms with van der Waals surface area (Å²) in [5.74, 6) is -0.186. The number of benzene rings is 3. The number of carbonyl (C=O) groups excluding carboxylic acids is 1. The lowest BCUT2D eigenvalue weighted by Crippen LogP contribution is -2.27. The molecule has 0 radical (unpaired) electrons. The van der Waals surface area contributed by atoms with E-state index in [1.54, 1.807) is 42.5 Å². The van der Waals surface area contributed by atoms with Crippen LogP contribution in [0.1, 0.15) is 42.0 Å². The summed E-state index contributed by atoms with van der Waals surface area (Å²) < 4.78 is 44.2. The lowest BCUT2D eigenvalue weighted by molar-refractivity contribution is 0.0911. The number of sulfonamides is 1. The molecule has 1 heterocycles. The Morgan fingerprint density at radius 2 is 1.58 bits per heavy atom. The second kappa shape index (κ2) is 8.75. The number of nitrogens with zero attached hydrogens (tertiary/aromatic N) is 1. The minimum Gasteiger partial charge on any atom is -0.317 e. The highest BCUT2D eigenvalue weighted by Gasteiger charge is 2.34. The maximum Gasteiger partial charge on any atom is 0.261 e. The van der Waals surface area contributed by atoms with Crippen LogP contribution in [0.3, 0.4) is 0 Å². The Hall–Kier alpha value is -3.71. The highest BCUT2D eigenvalue weighted by Crippen LogP contribution is 2.37. The van der Waals surface area contributed by atoms with Crippen LogP contribution in [0.2, 0.25) is 0 Å². The third-order valence-electron chi connectivity index (χ3n) is 6.57. The fourth-order valence-corrected chi connectivity index (χ4v) is 5.99. The first kappa shape index (κ1) is 24.0. The van der Waals surface area contributed by atoms with Crippen LogP contribution in [0.5, 0.6) is 0 Å². The van der Waals surface area contributed by atoms with Gasteiger partial charge < -0.3 is 4.57 Å². The fourth-order valence-electron chi connectivity index (χ4n) is 4.89. The highest BCUT2D eigenvalue weighted by molar-refractivity contribution is 7.92. The van der Waals surface area contributed by atoms with Crippen LogP contribution < -0.4 is 4.72 Å². The molecule has 0 aliphatic heterocycles. The number of halogens is 1. The quantitative estimate of drug-likeness (QED) is 0.337. The molecule has 0 saturated carbocycles. The molecular weight excluding hydrogens is 475 g/mol. The van der Waals surface area contributed by atoms with E-state index in [1.165, 1.54) is 18.2 Å². The molecule has 0 atom stereocenters. The number of hydrogen-bond donors (Lipinski definition) is 1. The molecule has 5 nitrogen and oxygen atoms in total. The van der Waals surface area contributed by atoms with Gasteiger partial charge in [0.2, 0.25) is 0 Å². The first-order valence-electron chi connectivity index (χ1n) is 11.8. The fraction of sp³-hybridized carbons (Fsp3) is 0.207. The standard InChI is InChI=1S/C29H27FN2O3S/c1-19-15-26-27(17-29(2,3)18-28(26)33)32(19)24-13-11-23(12-14-24)31-36(34,35)25-6-4-5-21(16-25)20-7-9-22(30)10-8-20/h4-16,31H,17-18H2,1-3H3. The number of ketones is 1. The molecule has 5 rings (SSSR count). The van der Waals surface area contributed by atoms with Gasteiger partial charge in [-0.3, -0.25) is 9.52 Å². The topological polar surface area (TPSA) is 68.2 Å². The zero-order valence-electron chi connectivity index (χ0n) is 20.4. The van der Waals surface area contributed by atoms with Gasteiger partial charge in [0.25, 0.3) is 10.0 Å². The van der Waals surface area contributed by atoms with Gasteiger partial charge in [-0.05, 0) is 84.5 Å². The van der Waals surface area contributed by atoms with Gasteiger partial charge in [-0.2, -0.15) is 0 Å². The number of hydrogen-bond acceptors (Lipinski definition) is 3. The molecule has 0 saturated heterocycles. The van der Waals surface area contributed by atoms with Crippen LogP contribution >= 0.6 is 0 Å². The SMILES string of the molecule is Cc1cc2c(n1-c1ccc(NS(=O)(=O)c3cccc(-c4ccc(F)cc4)c3)cc1)CC(C)(C)CC2=O. The van der Waals surface area contributed by atoms with E-state index in [4.69, 9.17) is 0 Å². The Bertz CT molecular complexity index is 1570. The lowest BCUT2D eigenvalue weighted by atomic mass is 9.76. The van der Waals surface area contributed by atoms with E-state index >= 15 is 0 Å². The van der Waals surface area contributed by atoms with Gasteiger partial charge in [-0.1, -0.05) is 38.1 Å². The van der Waals surface area contributed by atoms with E-state index < -0.39 is 10.0 Å². The first-order valence-corrected chi connectivity index (χ1v) is 13.2. The third-order valence-corrected chi connectivity index (χ3v) is 7.95. The summed E-state index contributed by atoms with van der Waals surface area (Å²) in [6.07, 6.45) is 1.33. The molecule has 36 heavy (non-hydrogen) atoms. The van der Waals surface area contributed by atoms with Crippen LogP contribution in [0.4, 0.5) is 10.1 Å². The minimum atomic E-state index is -3.84. The van der Waals surface area contributed by atoms with Gasteiger partial charge >= 0.3 is 0 Å². The van der Waals surface area contributed by atoms with Crippen molar-refractivity contribution in [3.8, 4) is 16.8 Å². The number of fused-ring (bicyclic) bond motifs is 1. The zero-order chi connectivity index (χ0) is 25.7. The Kier molecular flexibility index (Phi) is 5.83. The molecular formula is C29H27FN2O3S. The van der Waals surface area contributed by atoms with Gasteiger partial charge in [-0.15, -0.1) is 0 Å². The van der Waals surface area contributed by atoms with Crippen LogP contribution in [0.25, 0.3) is 16.8 Å². The molecule has 4 aromatic rings. The largest absolute Gasteiger partial charge is 0.317 e. The Morgan fingerprint density at radius 1 is 0.889 bits per heavy atom. The molecule has 1 aromatic heterocycles. The third kappa shape index (κ3) is 4.58. The van der Waals surface area contributed by atoms with Crippen LogP contribution in [-0.4, -0.2) is 18.8 Å². The van der Waals surface area contributed by atoms with Gasteiger partial charge in [0.05, 0.1) is 4.90 Å². The van der Waals surface area contributed by atoms with Crippen molar-refractivity contribution in [2.24, 2.45) is 5.41 Å². The van der Waals surface area contributed by atoms with Crippen molar-refractivity contribution in [1.82, 2.24) is 4.57 Å². The van der Waals surface area contributed by atoms with E-state index in [1.807, 2.05) is 25.1 Å². The van der Waals surface area contributed by atoms with Gasteiger partial charge in [-0.25, -0.2) is 12.8 Å². The molecule has 184 valence electrons. The zero-order valence-corrected chi connectivity index (χ0v) is 21.2. The summed E-state index contributed by atoms with van der Waals surface area (Å²) >= 11 is 0. The van der Waals surface area contributed by atoms with E-state index in [0.717, 1.165) is 34.6 Å². The van der Waals surface area contributed by atoms with Crippen molar-refractivity contribution in [1.29, 1.82) is 0 Å². The molecule has 0 bridgehead atoms. The van der Waals surface area contributed by atoms with Crippen LogP contribution in [0, 0.1) is 18.2 Å². The summed E-state index contributed by atoms with van der Waals surface area (Å²) in [5, 5.41) is 0. The van der Waals surface area contributed by atoms with Crippen molar-refractivity contribution < 1.29 is 17.6 Å². The monoisotopic (exact) mass is 502 g/mol. The molecule has 0 unspecified atom stereocenters. The first-order chi connectivity index (χ1) is 17.0. The second-order valence-corrected chi connectivity index (χ2v) is 11.8. The van der Waals surface area contributed by atoms with E-state index in [9.17, 15) is 17.6 Å². The molecule has 1 N–H and O–H groups in total. The minimum absolute atomic E-state index is 0.106. The van der Waals surface area contributed by atoms with Crippen molar-refractivity contribution in [3.05, 3.63) is 102 Å². The maximum atomic E-state index is 13.3. The average molecular weight is 503 g/mol. The number of nitrogens with one attached hydrogen (secondary N) is 1. The van der Waals surface area contributed by atoms with Gasteiger partial charge in [0.15, 0.2) is 5.78 Å². The smallest absolute Gasteiger partial charge is 0.261 e. The number of rotatable bonds is 5. The van der Waals surface area contributed by atoms with Crippen LogP contribution in [-0.2, 0) is 16.4 Å². The number of carbonyl (C=O) groups is 1. The molecule has 1 aliphatic carbocycles. The molecule has 0 spiro atoms. The molecule has 7 heteroatoms. The highest BCUT2D eigenvalue weighted by atomic mass is 32.2. The number of aromatic nitrogens is 1. The Labute approximate surface area is 210 Å². The molecule has 3 aromatic carbocycles. The average Bonchev–Trinajstić information content (AvgIpc) is 3.15. The van der Waals surface area contributed by atoms with E-state index in [2.05, 4.69) is 23.1 Å². The van der Waals surface area contributed by atoms with Crippen LogP contribution in [0.15, 0.2) is 83.8 Å². The number of Topliss-reactive ketones (excluding diaryl/α,β-unsaturated/α-hetero) is 1. The van der Waals surface area contributed by atoms with Crippen molar-refractivity contribution in [2.45, 2.75) is 38.5 Å². The van der Waals surface area contributed by atoms with Crippen molar-refractivity contribution in [3.63, 3.8) is 0 Å². The van der Waals surface area contributed by atoms with Crippen molar-refractivity contribution in [2.75, 3.05) is 4.72 Å². The Morgan fingerprint density at radius 3 is 2.28 bits per heavy atom. The summed E-state index contributed by atoms with van der Waals surface area (Å²) in [5.41, 5.74) is 5.35. The molecule has 0 amide bonds. The van der Waals surface area contributed by atoms with E-state index in [0.29, 0.717) is 17.7 Å². The van der Waals surface area contributed by atoms with Gasteiger partial charge in [0, 0.05) is 34.7 Å². The van der Waals surface area contributed by atoms with Gasteiger partial charge in [0.1, 0.15) is 5.82 Å². The molecule has 0 fully saturated rings.